The molecule has 0 unspecified atom stereocenters. The van der Waals surface area contributed by atoms with Crippen LogP contribution in [0.4, 0.5) is 5.13 Å². The minimum Gasteiger partial charge on any atom is -0.497 e. The number of fused-ring (bicyclic) bond motifs is 1. The zero-order chi connectivity index (χ0) is 14.9. The van der Waals surface area contributed by atoms with Crippen molar-refractivity contribution in [2.45, 2.75) is 3.79 Å². The second-order valence-corrected chi connectivity index (χ2v) is 6.96. The van der Waals surface area contributed by atoms with Crippen molar-refractivity contribution in [3.05, 3.63) is 12.1 Å². The summed E-state index contributed by atoms with van der Waals surface area (Å²) in [6.07, 6.45) is 0. The summed E-state index contributed by atoms with van der Waals surface area (Å²) in [7, 11) is 3.07. The Balaban J connectivity index is 2.41. The van der Waals surface area contributed by atoms with Gasteiger partial charge >= 0.3 is 0 Å². The molecule has 0 aliphatic heterocycles. The lowest BCUT2D eigenvalue weighted by Crippen LogP contribution is -2.26. The zero-order valence-electron chi connectivity index (χ0n) is 10.4. The van der Waals surface area contributed by atoms with Crippen molar-refractivity contribution in [2.24, 2.45) is 0 Å². The van der Waals surface area contributed by atoms with Crippen molar-refractivity contribution in [2.75, 3.05) is 19.5 Å². The quantitative estimate of drug-likeness (QED) is 0.854. The molecular formula is C11H9Cl3N2O3S. The van der Waals surface area contributed by atoms with Gasteiger partial charge in [0, 0.05) is 6.07 Å². The Labute approximate surface area is 133 Å². The number of carbonyl (C=O) groups excluding carboxylic acids is 1. The Bertz CT molecular complexity index is 654. The van der Waals surface area contributed by atoms with Gasteiger partial charge in [-0.15, -0.1) is 0 Å². The first kappa shape index (κ1) is 15.4. The van der Waals surface area contributed by atoms with E-state index in [0.29, 0.717) is 22.1 Å². The topological polar surface area (TPSA) is 60.5 Å². The number of halogens is 3. The molecule has 2 rings (SSSR count). The van der Waals surface area contributed by atoms with Gasteiger partial charge in [-0.2, -0.15) is 0 Å². The van der Waals surface area contributed by atoms with Crippen molar-refractivity contribution < 1.29 is 14.3 Å². The van der Waals surface area contributed by atoms with Gasteiger partial charge < -0.3 is 9.47 Å². The average molecular weight is 356 g/mol. The van der Waals surface area contributed by atoms with Gasteiger partial charge in [0.15, 0.2) is 5.13 Å². The summed E-state index contributed by atoms with van der Waals surface area (Å²) in [6, 6.07) is 3.48. The monoisotopic (exact) mass is 354 g/mol. The Morgan fingerprint density at radius 3 is 2.55 bits per heavy atom. The third-order valence-electron chi connectivity index (χ3n) is 2.37. The van der Waals surface area contributed by atoms with Gasteiger partial charge in [-0.3, -0.25) is 10.1 Å². The highest BCUT2D eigenvalue weighted by Gasteiger charge is 2.31. The molecule has 0 aliphatic rings. The maximum Gasteiger partial charge on any atom is 0.278 e. The third-order valence-corrected chi connectivity index (χ3v) is 3.80. The molecule has 5 nitrogen and oxygen atoms in total. The van der Waals surface area contributed by atoms with E-state index >= 15 is 0 Å². The van der Waals surface area contributed by atoms with E-state index in [1.807, 2.05) is 0 Å². The van der Waals surface area contributed by atoms with Gasteiger partial charge in [0.25, 0.3) is 9.70 Å². The smallest absolute Gasteiger partial charge is 0.278 e. The number of thiazole rings is 1. The molecule has 0 aliphatic carbocycles. The van der Waals surface area contributed by atoms with Gasteiger partial charge in [0.2, 0.25) is 0 Å². The van der Waals surface area contributed by atoms with E-state index in [9.17, 15) is 4.79 Å². The van der Waals surface area contributed by atoms with Gasteiger partial charge in [-0.1, -0.05) is 46.1 Å². The van der Waals surface area contributed by atoms with Gasteiger partial charge in [-0.05, 0) is 6.07 Å². The van der Waals surface area contributed by atoms with Crippen molar-refractivity contribution in [1.82, 2.24) is 4.98 Å². The number of amides is 1. The molecule has 1 aromatic carbocycles. The van der Waals surface area contributed by atoms with Crippen molar-refractivity contribution in [1.29, 1.82) is 0 Å². The molecule has 0 saturated carbocycles. The van der Waals surface area contributed by atoms with E-state index in [1.165, 1.54) is 18.4 Å². The van der Waals surface area contributed by atoms with Gasteiger partial charge in [0.05, 0.1) is 18.9 Å². The predicted octanol–water partition coefficient (Wildman–Crippen LogP) is 3.62. The molecule has 0 bridgehead atoms. The Morgan fingerprint density at radius 2 is 2.00 bits per heavy atom. The lowest BCUT2D eigenvalue weighted by atomic mass is 10.3. The van der Waals surface area contributed by atoms with Crippen LogP contribution in [0.1, 0.15) is 0 Å². The molecule has 2 aromatic rings. The number of anilines is 1. The van der Waals surface area contributed by atoms with E-state index in [2.05, 4.69) is 10.3 Å². The highest BCUT2D eigenvalue weighted by molar-refractivity contribution is 7.22. The molecule has 0 atom stereocenters. The van der Waals surface area contributed by atoms with Crippen molar-refractivity contribution >= 4 is 67.4 Å². The van der Waals surface area contributed by atoms with E-state index < -0.39 is 9.70 Å². The van der Waals surface area contributed by atoms with Crippen molar-refractivity contribution in [3.63, 3.8) is 0 Å². The summed E-state index contributed by atoms with van der Waals surface area (Å²) in [6.45, 7) is 0. The summed E-state index contributed by atoms with van der Waals surface area (Å²) in [5.41, 5.74) is 0.595. The summed E-state index contributed by atoms with van der Waals surface area (Å²) < 4.78 is 9.12. The molecule has 108 valence electrons. The van der Waals surface area contributed by atoms with Crippen molar-refractivity contribution in [3.8, 4) is 11.5 Å². The third kappa shape index (κ3) is 3.20. The molecule has 1 heterocycles. The number of carbonyl (C=O) groups is 1. The van der Waals surface area contributed by atoms with Crippen LogP contribution in [-0.4, -0.2) is 28.9 Å². The number of ether oxygens (including phenoxy) is 2. The molecule has 0 spiro atoms. The average Bonchev–Trinajstić information content (AvgIpc) is 2.78. The van der Waals surface area contributed by atoms with Crippen LogP contribution in [0.5, 0.6) is 11.5 Å². The van der Waals surface area contributed by atoms with Crippen LogP contribution in [0.25, 0.3) is 10.2 Å². The molecule has 0 saturated heterocycles. The first-order chi connectivity index (χ1) is 9.35. The molecule has 9 heteroatoms. The summed E-state index contributed by atoms with van der Waals surface area (Å²) >= 11 is 17.7. The van der Waals surface area contributed by atoms with Gasteiger partial charge in [0.1, 0.15) is 17.0 Å². The SMILES string of the molecule is COc1cc(OC)c2nc(NC(=O)C(Cl)(Cl)Cl)sc2c1. The maximum atomic E-state index is 11.6. The fourth-order valence-corrected chi connectivity index (χ4v) is 2.52. The van der Waals surface area contributed by atoms with E-state index in [1.54, 1.807) is 19.2 Å². The number of nitrogens with zero attached hydrogens (tertiary/aromatic N) is 1. The normalized spacial score (nSPS) is 11.4. The number of alkyl halides is 3. The van der Waals surface area contributed by atoms with Crippen LogP contribution < -0.4 is 14.8 Å². The fourth-order valence-electron chi connectivity index (χ4n) is 1.47. The van der Waals surface area contributed by atoms with Crippen LogP contribution in [0.3, 0.4) is 0 Å². The predicted molar refractivity (Wildman–Crippen MR) is 81.6 cm³/mol. The van der Waals surface area contributed by atoms with E-state index in [0.717, 1.165) is 4.70 Å². The number of nitrogens with one attached hydrogen (secondary N) is 1. The Morgan fingerprint density at radius 1 is 1.30 bits per heavy atom. The second kappa shape index (κ2) is 5.81. The fraction of sp³-hybridized carbons (Fsp3) is 0.273. The second-order valence-electron chi connectivity index (χ2n) is 3.65. The largest absolute Gasteiger partial charge is 0.497 e. The Kier molecular flexibility index (Phi) is 4.49. The minimum absolute atomic E-state index is 0.308. The Hall–Kier alpha value is -0.950. The molecule has 20 heavy (non-hydrogen) atoms. The number of aromatic nitrogens is 1. The lowest BCUT2D eigenvalue weighted by molar-refractivity contribution is -0.115. The highest BCUT2D eigenvalue weighted by Crippen LogP contribution is 2.37. The lowest BCUT2D eigenvalue weighted by Gasteiger charge is -2.08. The molecular weight excluding hydrogens is 347 g/mol. The summed E-state index contributed by atoms with van der Waals surface area (Å²) in [5, 5.41) is 2.74. The number of hydrogen-bond acceptors (Lipinski definition) is 5. The summed E-state index contributed by atoms with van der Waals surface area (Å²) in [4.78, 5) is 15.8. The molecule has 1 amide bonds. The van der Waals surface area contributed by atoms with Crippen LogP contribution in [0.15, 0.2) is 12.1 Å². The highest BCUT2D eigenvalue weighted by atomic mass is 35.6. The number of rotatable bonds is 3. The maximum absolute atomic E-state index is 11.6. The van der Waals surface area contributed by atoms with Gasteiger partial charge in [-0.25, -0.2) is 4.98 Å². The standard InChI is InChI=1S/C11H9Cl3N2O3S/c1-18-5-3-6(19-2)8-7(4-5)20-10(15-8)16-9(17)11(12,13)14/h3-4H,1-2H3,(H,15,16,17). The van der Waals surface area contributed by atoms with Crippen LogP contribution in [0, 0.1) is 0 Å². The summed E-state index contributed by atoms with van der Waals surface area (Å²) in [5.74, 6) is 0.384. The molecule has 0 radical (unpaired) electrons. The van der Waals surface area contributed by atoms with E-state index in [-0.39, 0.29) is 0 Å². The van der Waals surface area contributed by atoms with Crippen LogP contribution in [-0.2, 0) is 4.79 Å². The minimum atomic E-state index is -2.04. The number of hydrogen-bond donors (Lipinski definition) is 1. The molecule has 1 N–H and O–H groups in total. The van der Waals surface area contributed by atoms with Crippen LogP contribution >= 0.6 is 46.1 Å². The number of methoxy groups -OCH3 is 2. The first-order valence-corrected chi connectivity index (χ1v) is 7.21. The molecule has 1 aromatic heterocycles. The number of benzene rings is 1. The van der Waals surface area contributed by atoms with E-state index in [4.69, 9.17) is 44.3 Å². The zero-order valence-corrected chi connectivity index (χ0v) is 13.5. The molecule has 0 fully saturated rings. The first-order valence-electron chi connectivity index (χ1n) is 5.26. The van der Waals surface area contributed by atoms with Crippen LogP contribution in [0.2, 0.25) is 0 Å².